The maximum atomic E-state index is 13.4. The highest BCUT2D eigenvalue weighted by molar-refractivity contribution is 6.11. The Kier molecular flexibility index (Phi) is 10.4. The molecule has 0 aliphatic carbocycles. The smallest absolute Gasteiger partial charge is 0.251 e. The first-order valence-electron chi connectivity index (χ1n) is 14.7. The van der Waals surface area contributed by atoms with E-state index in [-0.39, 0.29) is 58.8 Å². The summed E-state index contributed by atoms with van der Waals surface area (Å²) in [5, 5.41) is 20.0. The molecule has 2 aliphatic rings. The zero-order valence-electron chi connectivity index (χ0n) is 24.6. The van der Waals surface area contributed by atoms with Gasteiger partial charge >= 0.3 is 0 Å². The first kappa shape index (κ1) is 32.0. The number of aromatic nitrogens is 1. The lowest BCUT2D eigenvalue weighted by atomic mass is 9.84. The van der Waals surface area contributed by atoms with Crippen molar-refractivity contribution < 1.29 is 19.5 Å². The first-order chi connectivity index (χ1) is 20.2. The van der Waals surface area contributed by atoms with Crippen LogP contribution in [-0.4, -0.2) is 66.0 Å². The molecule has 228 valence electrons. The fourth-order valence-corrected chi connectivity index (χ4v) is 5.85. The molecule has 5 rings (SSSR count). The molecular formula is C33H40ClN5O4. The van der Waals surface area contributed by atoms with Gasteiger partial charge in [0.2, 0.25) is 0 Å². The lowest BCUT2D eigenvalue weighted by Crippen LogP contribution is -2.54. The Hall–Kier alpha value is -3.95. The molecule has 3 heterocycles. The summed E-state index contributed by atoms with van der Waals surface area (Å²) in [6.07, 6.45) is 6.95. The third-order valence-electron chi connectivity index (χ3n) is 8.19. The summed E-state index contributed by atoms with van der Waals surface area (Å²) in [6, 6.07) is 14.4. The zero-order valence-corrected chi connectivity index (χ0v) is 25.5. The van der Waals surface area contributed by atoms with E-state index in [0.717, 1.165) is 44.6 Å². The van der Waals surface area contributed by atoms with Crippen LogP contribution in [0.5, 0.6) is 5.75 Å². The molecule has 2 fully saturated rings. The lowest BCUT2D eigenvalue weighted by molar-refractivity contribution is 0.0882. The second kappa shape index (κ2) is 14.0. The topological polar surface area (TPSA) is 124 Å². The lowest BCUT2D eigenvalue weighted by Gasteiger charge is -2.39. The van der Waals surface area contributed by atoms with Gasteiger partial charge in [-0.3, -0.25) is 19.4 Å². The van der Waals surface area contributed by atoms with Gasteiger partial charge in [0.15, 0.2) is 5.78 Å². The van der Waals surface area contributed by atoms with Crippen molar-refractivity contribution in [1.82, 2.24) is 20.9 Å². The van der Waals surface area contributed by atoms with Gasteiger partial charge in [0.05, 0.1) is 17.6 Å². The molecule has 1 aromatic heterocycles. The number of ketones is 1. The van der Waals surface area contributed by atoms with Crippen LogP contribution in [0.15, 0.2) is 67.0 Å². The summed E-state index contributed by atoms with van der Waals surface area (Å²) in [5.41, 5.74) is 2.66. The SMILES string of the molecule is CC1(C)CCCN(c2ccc(O)c(C(=O)c3ccc(C(=O)N[C@@H]4CCCNC[C@H]4NC(=O)c4ccncc4)cc3)c2)C1.Cl. The highest BCUT2D eigenvalue weighted by Gasteiger charge is 2.29. The molecule has 2 amide bonds. The van der Waals surface area contributed by atoms with Crippen molar-refractivity contribution in [3.05, 3.63) is 89.2 Å². The minimum atomic E-state index is -0.300. The molecule has 2 atom stereocenters. The van der Waals surface area contributed by atoms with Crippen LogP contribution in [0.2, 0.25) is 0 Å². The van der Waals surface area contributed by atoms with Crippen LogP contribution < -0.4 is 20.9 Å². The Labute approximate surface area is 258 Å². The summed E-state index contributed by atoms with van der Waals surface area (Å²) >= 11 is 0. The van der Waals surface area contributed by atoms with E-state index in [0.29, 0.717) is 29.7 Å². The number of piperidine rings is 1. The van der Waals surface area contributed by atoms with Crippen LogP contribution in [0.4, 0.5) is 5.69 Å². The minimum Gasteiger partial charge on any atom is -0.507 e. The number of nitrogens with zero attached hydrogens (tertiary/aromatic N) is 2. The number of amides is 2. The molecule has 0 unspecified atom stereocenters. The monoisotopic (exact) mass is 605 g/mol. The predicted octanol–water partition coefficient (Wildman–Crippen LogP) is 4.35. The normalized spacial score (nSPS) is 19.8. The first-order valence-corrected chi connectivity index (χ1v) is 14.7. The van der Waals surface area contributed by atoms with Crippen molar-refractivity contribution in [3.63, 3.8) is 0 Å². The van der Waals surface area contributed by atoms with Crippen molar-refractivity contribution in [2.45, 2.75) is 51.6 Å². The Morgan fingerprint density at radius 3 is 2.26 bits per heavy atom. The standard InChI is InChI=1S/C33H39N5O4.ClH/c1-33(2)14-4-18-38(21-33)25-10-11-29(39)26(19-25)30(40)22-6-8-23(9-7-22)31(41)36-27-5-3-15-35-20-28(27)37-32(42)24-12-16-34-17-13-24;/h6-13,16-17,19,27-28,35,39H,3-5,14-15,18,20-21H2,1-2H3,(H,36,41)(H,37,42);1H/t27-,28-;/m1./s1. The summed E-state index contributed by atoms with van der Waals surface area (Å²) in [7, 11) is 0. The Morgan fingerprint density at radius 1 is 0.907 bits per heavy atom. The number of anilines is 1. The number of halogens is 1. The number of nitrogens with one attached hydrogen (secondary N) is 3. The molecule has 0 bridgehead atoms. The minimum absolute atomic E-state index is 0. The van der Waals surface area contributed by atoms with Gasteiger partial charge in [-0.1, -0.05) is 26.0 Å². The highest BCUT2D eigenvalue weighted by atomic mass is 35.5. The van der Waals surface area contributed by atoms with Crippen molar-refractivity contribution in [2.24, 2.45) is 5.41 Å². The number of rotatable bonds is 7. The molecular weight excluding hydrogens is 566 g/mol. The number of carbonyl (C=O) groups is 3. The van der Waals surface area contributed by atoms with E-state index in [1.807, 2.05) is 6.07 Å². The van der Waals surface area contributed by atoms with Crippen LogP contribution in [-0.2, 0) is 0 Å². The Bertz CT molecular complexity index is 1430. The average molecular weight is 606 g/mol. The van der Waals surface area contributed by atoms with E-state index >= 15 is 0 Å². The Balaban J connectivity index is 0.00000423. The molecule has 4 N–H and O–H groups in total. The summed E-state index contributed by atoms with van der Waals surface area (Å²) in [4.78, 5) is 45.6. The summed E-state index contributed by atoms with van der Waals surface area (Å²) < 4.78 is 0. The van der Waals surface area contributed by atoms with Crippen molar-refractivity contribution >= 4 is 35.7 Å². The number of hydrogen-bond donors (Lipinski definition) is 4. The number of phenolic OH excluding ortho intramolecular Hbond substituents is 1. The average Bonchev–Trinajstić information content (AvgIpc) is 3.21. The van der Waals surface area contributed by atoms with Crippen LogP contribution in [0.1, 0.15) is 76.2 Å². The third kappa shape index (κ3) is 7.91. The van der Waals surface area contributed by atoms with Crippen LogP contribution in [0.3, 0.4) is 0 Å². The summed E-state index contributed by atoms with van der Waals surface area (Å²) in [5.74, 6) is -0.860. The van der Waals surface area contributed by atoms with Gasteiger partial charge in [0.25, 0.3) is 11.8 Å². The number of benzene rings is 2. The van der Waals surface area contributed by atoms with E-state index in [4.69, 9.17) is 0 Å². The van der Waals surface area contributed by atoms with E-state index in [1.165, 1.54) is 0 Å². The molecule has 10 heteroatoms. The Morgan fingerprint density at radius 2 is 1.56 bits per heavy atom. The van der Waals surface area contributed by atoms with Crippen molar-refractivity contribution in [3.8, 4) is 5.75 Å². The quantitative estimate of drug-likeness (QED) is 0.295. The number of aromatic hydroxyl groups is 1. The number of phenols is 1. The second-order valence-corrected chi connectivity index (χ2v) is 12.0. The van der Waals surface area contributed by atoms with Crippen molar-refractivity contribution in [1.29, 1.82) is 0 Å². The fourth-order valence-electron chi connectivity index (χ4n) is 5.85. The number of carbonyl (C=O) groups excluding carboxylic acids is 3. The van der Waals surface area contributed by atoms with Gasteiger partial charge in [-0.25, -0.2) is 0 Å². The maximum Gasteiger partial charge on any atom is 0.251 e. The molecule has 0 spiro atoms. The van der Waals surface area contributed by atoms with Gasteiger partial charge in [-0.05, 0) is 80.1 Å². The molecule has 3 aromatic rings. The van der Waals surface area contributed by atoms with Crippen LogP contribution in [0, 0.1) is 5.41 Å². The van der Waals surface area contributed by atoms with E-state index in [9.17, 15) is 19.5 Å². The second-order valence-electron chi connectivity index (χ2n) is 12.0. The molecule has 43 heavy (non-hydrogen) atoms. The number of hydrogen-bond acceptors (Lipinski definition) is 7. The molecule has 2 aromatic carbocycles. The highest BCUT2D eigenvalue weighted by Crippen LogP contribution is 2.34. The zero-order chi connectivity index (χ0) is 29.7. The van der Waals surface area contributed by atoms with E-state index in [2.05, 4.69) is 39.7 Å². The predicted molar refractivity (Wildman–Crippen MR) is 169 cm³/mol. The van der Waals surface area contributed by atoms with Gasteiger partial charge in [0, 0.05) is 54.4 Å². The largest absolute Gasteiger partial charge is 0.507 e. The summed E-state index contributed by atoms with van der Waals surface area (Å²) in [6.45, 7) is 7.63. The molecule has 2 saturated heterocycles. The number of pyridine rings is 1. The van der Waals surface area contributed by atoms with Gasteiger partial charge in [0.1, 0.15) is 5.75 Å². The molecule has 2 aliphatic heterocycles. The van der Waals surface area contributed by atoms with E-state index in [1.54, 1.807) is 60.9 Å². The van der Waals surface area contributed by atoms with Gasteiger partial charge in [-0.2, -0.15) is 0 Å². The molecule has 9 nitrogen and oxygen atoms in total. The van der Waals surface area contributed by atoms with Crippen LogP contribution >= 0.6 is 12.4 Å². The molecule has 0 radical (unpaired) electrons. The maximum absolute atomic E-state index is 13.4. The third-order valence-corrected chi connectivity index (χ3v) is 8.19. The van der Waals surface area contributed by atoms with Crippen LogP contribution in [0.25, 0.3) is 0 Å². The van der Waals surface area contributed by atoms with E-state index < -0.39 is 0 Å². The van der Waals surface area contributed by atoms with Crippen molar-refractivity contribution in [2.75, 3.05) is 31.1 Å². The fraction of sp³-hybridized carbons (Fsp3) is 0.394. The van der Waals surface area contributed by atoms with Gasteiger partial charge in [-0.15, -0.1) is 12.4 Å². The molecule has 0 saturated carbocycles. The van der Waals surface area contributed by atoms with Gasteiger partial charge < -0.3 is 26.0 Å².